The topological polar surface area (TPSA) is 46.9 Å². The number of rotatable bonds is 5. The largest absolute Gasteiger partial charge is 0.323 e. The van der Waals surface area contributed by atoms with Crippen LogP contribution in [-0.4, -0.2) is 15.7 Å². The third-order valence-corrected chi connectivity index (χ3v) is 5.89. The molecule has 4 nitrogen and oxygen atoms in total. The van der Waals surface area contributed by atoms with E-state index in [4.69, 9.17) is 11.6 Å². The number of benzene rings is 2. The second kappa shape index (κ2) is 7.44. The molecule has 2 unspecified atom stereocenters. The molecule has 5 heteroatoms. The molecule has 1 aromatic heterocycles. The summed E-state index contributed by atoms with van der Waals surface area (Å²) in [5.74, 6) is 0.362. The Morgan fingerprint density at radius 2 is 1.86 bits per heavy atom. The van der Waals surface area contributed by atoms with Crippen LogP contribution in [0.4, 0.5) is 5.69 Å². The third-order valence-electron chi connectivity index (χ3n) is 5.64. The molecule has 0 aliphatic heterocycles. The van der Waals surface area contributed by atoms with Crippen molar-refractivity contribution in [3.05, 3.63) is 81.6 Å². The van der Waals surface area contributed by atoms with E-state index in [-0.39, 0.29) is 17.7 Å². The van der Waals surface area contributed by atoms with E-state index in [9.17, 15) is 4.79 Å². The van der Waals surface area contributed by atoms with Gasteiger partial charge in [0.05, 0.1) is 23.6 Å². The average molecular weight is 394 g/mol. The Morgan fingerprint density at radius 1 is 1.14 bits per heavy atom. The maximum Gasteiger partial charge on any atom is 0.228 e. The van der Waals surface area contributed by atoms with Gasteiger partial charge in [0.15, 0.2) is 0 Å². The smallest absolute Gasteiger partial charge is 0.228 e. The number of aromatic nitrogens is 2. The number of nitrogens with one attached hydrogen (secondary N) is 1. The fraction of sp³-hybridized carbons (Fsp3) is 0.304. The summed E-state index contributed by atoms with van der Waals surface area (Å²) in [6, 6.07) is 16.1. The molecule has 2 aromatic carbocycles. The zero-order valence-electron chi connectivity index (χ0n) is 16.4. The summed E-state index contributed by atoms with van der Waals surface area (Å²) in [4.78, 5) is 12.8. The number of anilines is 1. The number of carbonyl (C=O) groups excluding carboxylic acids is 1. The maximum atomic E-state index is 12.8. The summed E-state index contributed by atoms with van der Waals surface area (Å²) in [7, 11) is 0. The van der Waals surface area contributed by atoms with Crippen molar-refractivity contribution in [2.75, 3.05) is 5.32 Å². The minimum absolute atomic E-state index is 0.0136. The zero-order chi connectivity index (χ0) is 19.8. The van der Waals surface area contributed by atoms with E-state index in [0.29, 0.717) is 6.54 Å². The summed E-state index contributed by atoms with van der Waals surface area (Å²) in [6.45, 7) is 6.76. The van der Waals surface area contributed by atoms with E-state index in [1.165, 1.54) is 16.7 Å². The molecule has 1 saturated carbocycles. The molecule has 1 amide bonds. The Balaban J connectivity index is 1.47. The average Bonchev–Trinajstić information content (AvgIpc) is 3.43. The van der Waals surface area contributed by atoms with Crippen molar-refractivity contribution in [3.8, 4) is 0 Å². The van der Waals surface area contributed by atoms with Gasteiger partial charge >= 0.3 is 0 Å². The second-order valence-electron chi connectivity index (χ2n) is 7.62. The number of halogens is 1. The van der Waals surface area contributed by atoms with Crippen molar-refractivity contribution in [3.63, 3.8) is 0 Å². The minimum Gasteiger partial charge on any atom is -0.323 e. The molecule has 144 valence electrons. The fourth-order valence-electron chi connectivity index (χ4n) is 3.76. The van der Waals surface area contributed by atoms with Gasteiger partial charge in [-0.05, 0) is 61.9 Å². The van der Waals surface area contributed by atoms with Crippen molar-refractivity contribution >= 4 is 23.2 Å². The third kappa shape index (κ3) is 3.69. The molecule has 1 aliphatic rings. The first-order chi connectivity index (χ1) is 13.4. The number of amides is 1. The lowest BCUT2D eigenvalue weighted by molar-refractivity contribution is -0.117. The Bertz CT molecular complexity index is 1020. The maximum absolute atomic E-state index is 12.8. The highest BCUT2D eigenvalue weighted by molar-refractivity contribution is 6.30. The van der Waals surface area contributed by atoms with Gasteiger partial charge in [-0.3, -0.25) is 9.48 Å². The predicted molar refractivity (Wildman–Crippen MR) is 113 cm³/mol. The molecule has 1 aliphatic carbocycles. The second-order valence-corrected chi connectivity index (χ2v) is 8.06. The highest BCUT2D eigenvalue weighted by Gasteiger charge is 2.44. The molecule has 28 heavy (non-hydrogen) atoms. The first-order valence-electron chi connectivity index (χ1n) is 9.59. The SMILES string of the molecule is Cc1ccccc1Cn1nc(C)c(NC(=O)C2CC2c2ccc(Cl)cc2)c1C. The van der Waals surface area contributed by atoms with Crippen molar-refractivity contribution in [2.24, 2.45) is 5.92 Å². The van der Waals surface area contributed by atoms with Gasteiger partial charge in [-0.1, -0.05) is 48.0 Å². The van der Waals surface area contributed by atoms with E-state index >= 15 is 0 Å². The minimum atomic E-state index is 0.0136. The van der Waals surface area contributed by atoms with E-state index in [2.05, 4.69) is 29.5 Å². The molecule has 1 heterocycles. The van der Waals surface area contributed by atoms with Gasteiger partial charge in [-0.15, -0.1) is 0 Å². The van der Waals surface area contributed by atoms with Gasteiger partial charge in [-0.2, -0.15) is 5.10 Å². The number of hydrogen-bond donors (Lipinski definition) is 1. The normalized spacial score (nSPS) is 18.1. The Morgan fingerprint density at radius 3 is 2.57 bits per heavy atom. The van der Waals surface area contributed by atoms with Crippen molar-refractivity contribution in [1.82, 2.24) is 9.78 Å². The lowest BCUT2D eigenvalue weighted by atomic mass is 10.1. The van der Waals surface area contributed by atoms with Gasteiger partial charge in [-0.25, -0.2) is 0 Å². The molecular formula is C23H24ClN3O. The van der Waals surface area contributed by atoms with Crippen molar-refractivity contribution in [1.29, 1.82) is 0 Å². The lowest BCUT2D eigenvalue weighted by Gasteiger charge is -2.09. The quantitative estimate of drug-likeness (QED) is 0.643. The Kier molecular flexibility index (Phi) is 4.98. The molecule has 0 bridgehead atoms. The molecule has 2 atom stereocenters. The standard InChI is InChI=1S/C23H24ClN3O/c1-14-6-4-5-7-18(14)13-27-16(3)22(15(2)26-27)25-23(28)21-12-20(21)17-8-10-19(24)11-9-17/h4-11,20-21H,12-13H2,1-3H3,(H,25,28). The van der Waals surface area contributed by atoms with Gasteiger partial charge in [0.1, 0.15) is 0 Å². The van der Waals surface area contributed by atoms with Crippen LogP contribution in [0.3, 0.4) is 0 Å². The van der Waals surface area contributed by atoms with Gasteiger partial charge in [0.25, 0.3) is 0 Å². The van der Waals surface area contributed by atoms with Crippen LogP contribution in [0.1, 0.15) is 40.4 Å². The van der Waals surface area contributed by atoms with Crippen LogP contribution >= 0.6 is 11.6 Å². The monoisotopic (exact) mass is 393 g/mol. The molecule has 1 N–H and O–H groups in total. The first-order valence-corrected chi connectivity index (χ1v) is 9.96. The molecular weight excluding hydrogens is 370 g/mol. The van der Waals surface area contributed by atoms with E-state index in [1.54, 1.807) is 0 Å². The fourth-order valence-corrected chi connectivity index (χ4v) is 3.89. The predicted octanol–water partition coefficient (Wildman–Crippen LogP) is 5.25. The van der Waals surface area contributed by atoms with E-state index in [1.807, 2.05) is 54.9 Å². The van der Waals surface area contributed by atoms with E-state index < -0.39 is 0 Å². The van der Waals surface area contributed by atoms with Crippen LogP contribution in [0.2, 0.25) is 5.02 Å². The van der Waals surface area contributed by atoms with Crippen molar-refractivity contribution < 1.29 is 4.79 Å². The summed E-state index contributed by atoms with van der Waals surface area (Å²) in [5.41, 5.74) is 6.31. The molecule has 0 spiro atoms. The molecule has 4 rings (SSSR count). The van der Waals surface area contributed by atoms with Gasteiger partial charge in [0.2, 0.25) is 5.91 Å². The number of nitrogens with zero attached hydrogens (tertiary/aromatic N) is 2. The number of hydrogen-bond acceptors (Lipinski definition) is 2. The van der Waals surface area contributed by atoms with Crippen LogP contribution in [0, 0.1) is 26.7 Å². The number of carbonyl (C=O) groups is 1. The van der Waals surface area contributed by atoms with Crippen LogP contribution in [-0.2, 0) is 11.3 Å². The van der Waals surface area contributed by atoms with Gasteiger partial charge < -0.3 is 5.32 Å². The van der Waals surface area contributed by atoms with Crippen LogP contribution in [0.15, 0.2) is 48.5 Å². The Labute approximate surface area is 170 Å². The Hall–Kier alpha value is -2.59. The molecule has 1 fully saturated rings. The lowest BCUT2D eigenvalue weighted by Crippen LogP contribution is -2.16. The van der Waals surface area contributed by atoms with E-state index in [0.717, 1.165) is 28.5 Å². The number of aryl methyl sites for hydroxylation is 2. The summed E-state index contributed by atoms with van der Waals surface area (Å²) in [6.07, 6.45) is 0.878. The molecule has 0 radical (unpaired) electrons. The molecule has 0 saturated heterocycles. The summed E-state index contributed by atoms with van der Waals surface area (Å²) in [5, 5.41) is 8.50. The highest BCUT2D eigenvalue weighted by atomic mass is 35.5. The van der Waals surface area contributed by atoms with Crippen LogP contribution < -0.4 is 5.32 Å². The summed E-state index contributed by atoms with van der Waals surface area (Å²) >= 11 is 5.96. The zero-order valence-corrected chi connectivity index (χ0v) is 17.1. The molecule has 3 aromatic rings. The summed E-state index contributed by atoms with van der Waals surface area (Å²) < 4.78 is 1.97. The van der Waals surface area contributed by atoms with Crippen molar-refractivity contribution in [2.45, 2.75) is 39.7 Å². The van der Waals surface area contributed by atoms with Crippen LogP contribution in [0.5, 0.6) is 0 Å². The first kappa shape index (κ1) is 18.8. The van der Waals surface area contributed by atoms with Crippen LogP contribution in [0.25, 0.3) is 0 Å². The van der Waals surface area contributed by atoms with Gasteiger partial charge in [0, 0.05) is 10.9 Å². The highest BCUT2D eigenvalue weighted by Crippen LogP contribution is 2.48.